The topological polar surface area (TPSA) is 111 Å². The number of aromatic nitrogens is 5. The Hall–Kier alpha value is -2.71. The number of carbonyl (C=O) groups excluding carboxylic acids is 1. The van der Waals surface area contributed by atoms with E-state index in [-0.39, 0.29) is 18.3 Å². The van der Waals surface area contributed by atoms with Gasteiger partial charge >= 0.3 is 0 Å². The van der Waals surface area contributed by atoms with Crippen LogP contribution in [0.4, 0.5) is 5.69 Å². The maximum atomic E-state index is 12.6. The van der Waals surface area contributed by atoms with E-state index in [0.29, 0.717) is 29.7 Å². The summed E-state index contributed by atoms with van der Waals surface area (Å²) in [4.78, 5) is 17.2. The number of fused-ring (bicyclic) bond motifs is 1. The Bertz CT molecular complexity index is 976. The van der Waals surface area contributed by atoms with Gasteiger partial charge in [0.1, 0.15) is 5.82 Å². The molecule has 1 saturated carbocycles. The van der Waals surface area contributed by atoms with Crippen LogP contribution in [0, 0.1) is 0 Å². The Morgan fingerprint density at radius 1 is 1.19 bits per heavy atom. The summed E-state index contributed by atoms with van der Waals surface area (Å²) in [5.41, 5.74) is 4.01. The predicted octanol–water partition coefficient (Wildman–Crippen LogP) is 2.39. The van der Waals surface area contributed by atoms with E-state index in [1.807, 2.05) is 24.3 Å². The van der Waals surface area contributed by atoms with E-state index in [1.54, 1.807) is 0 Å². The molecular formula is C18H20ClN7O. The molecule has 1 aliphatic heterocycles. The molecule has 0 atom stereocenters. The summed E-state index contributed by atoms with van der Waals surface area (Å²) in [5, 5.41) is 20.7. The highest BCUT2D eigenvalue weighted by molar-refractivity contribution is 6.04. The van der Waals surface area contributed by atoms with Crippen molar-refractivity contribution in [2.45, 2.75) is 31.7 Å². The molecule has 2 aliphatic rings. The second-order valence-electron chi connectivity index (χ2n) is 6.81. The third kappa shape index (κ3) is 3.45. The van der Waals surface area contributed by atoms with Crippen LogP contribution in [-0.2, 0) is 13.0 Å². The van der Waals surface area contributed by atoms with E-state index in [0.717, 1.165) is 35.6 Å². The highest BCUT2D eigenvalue weighted by Gasteiger charge is 2.27. The second kappa shape index (κ2) is 7.13. The van der Waals surface area contributed by atoms with Gasteiger partial charge in [0.05, 0.1) is 0 Å². The Labute approximate surface area is 162 Å². The molecule has 1 aromatic carbocycles. The summed E-state index contributed by atoms with van der Waals surface area (Å²) in [5.74, 6) is 1.92. The lowest BCUT2D eigenvalue weighted by molar-refractivity contribution is 0.102. The first-order valence-electron chi connectivity index (χ1n) is 8.89. The summed E-state index contributed by atoms with van der Waals surface area (Å²) >= 11 is 0. The van der Waals surface area contributed by atoms with Gasteiger partial charge in [-0.2, -0.15) is 10.2 Å². The Morgan fingerprint density at radius 2 is 2.07 bits per heavy atom. The van der Waals surface area contributed by atoms with Crippen molar-refractivity contribution in [2.24, 2.45) is 0 Å². The van der Waals surface area contributed by atoms with Gasteiger partial charge in [0, 0.05) is 47.9 Å². The van der Waals surface area contributed by atoms with Crippen molar-refractivity contribution in [3.05, 3.63) is 47.0 Å². The van der Waals surface area contributed by atoms with Crippen LogP contribution in [0.5, 0.6) is 0 Å². The van der Waals surface area contributed by atoms with Crippen molar-refractivity contribution >= 4 is 24.0 Å². The van der Waals surface area contributed by atoms with Crippen LogP contribution in [0.2, 0.25) is 0 Å². The maximum Gasteiger partial charge on any atom is 0.276 e. The summed E-state index contributed by atoms with van der Waals surface area (Å²) < 4.78 is 0. The molecule has 8 nitrogen and oxygen atoms in total. The van der Waals surface area contributed by atoms with Crippen LogP contribution in [0.3, 0.4) is 0 Å². The molecule has 0 radical (unpaired) electrons. The molecule has 140 valence electrons. The normalized spacial score (nSPS) is 15.7. The number of carbonyl (C=O) groups is 1. The van der Waals surface area contributed by atoms with Gasteiger partial charge in [-0.1, -0.05) is 12.1 Å². The molecule has 1 fully saturated rings. The molecule has 3 aromatic rings. The van der Waals surface area contributed by atoms with Gasteiger partial charge in [-0.3, -0.25) is 15.0 Å². The summed E-state index contributed by atoms with van der Waals surface area (Å²) in [7, 11) is 0. The quantitative estimate of drug-likeness (QED) is 0.551. The summed E-state index contributed by atoms with van der Waals surface area (Å²) in [6.07, 6.45) is 3.21. The number of anilines is 1. The van der Waals surface area contributed by atoms with Crippen molar-refractivity contribution in [1.82, 2.24) is 30.7 Å². The molecule has 1 amide bonds. The van der Waals surface area contributed by atoms with Crippen LogP contribution < -0.4 is 10.6 Å². The molecule has 0 bridgehead atoms. The van der Waals surface area contributed by atoms with Crippen LogP contribution in [-0.4, -0.2) is 37.8 Å². The van der Waals surface area contributed by atoms with Crippen molar-refractivity contribution < 1.29 is 4.79 Å². The fourth-order valence-electron chi connectivity index (χ4n) is 3.28. The molecule has 2 aromatic heterocycles. The zero-order valence-electron chi connectivity index (χ0n) is 14.6. The van der Waals surface area contributed by atoms with Crippen molar-refractivity contribution in [1.29, 1.82) is 0 Å². The molecule has 27 heavy (non-hydrogen) atoms. The van der Waals surface area contributed by atoms with E-state index in [1.165, 1.54) is 12.8 Å². The van der Waals surface area contributed by atoms with Gasteiger partial charge in [0.15, 0.2) is 11.5 Å². The average molecular weight is 386 g/mol. The number of rotatable bonds is 4. The Balaban J connectivity index is 0.00000180. The number of hydrogen-bond donors (Lipinski definition) is 4. The highest BCUT2D eigenvalue weighted by atomic mass is 35.5. The fraction of sp³-hybridized carbons (Fsp3) is 0.333. The smallest absolute Gasteiger partial charge is 0.276 e. The van der Waals surface area contributed by atoms with E-state index < -0.39 is 0 Å². The standard InChI is InChI=1S/C18H19N7O.ClH/c26-18(15-13-9-19-7-6-14(13)22-23-15)20-12-3-1-2-11(8-12)17-21-16(24-25-17)10-4-5-10;/h1-3,8,10,19H,4-7,9H2,(H,20,26)(H,22,23)(H,21,24,25);1H. The van der Waals surface area contributed by atoms with Gasteiger partial charge in [0.2, 0.25) is 0 Å². The maximum absolute atomic E-state index is 12.6. The number of H-pyrrole nitrogens is 2. The lowest BCUT2D eigenvalue weighted by Gasteiger charge is -2.13. The van der Waals surface area contributed by atoms with E-state index in [4.69, 9.17) is 0 Å². The van der Waals surface area contributed by atoms with Gasteiger partial charge in [-0.25, -0.2) is 4.98 Å². The fourth-order valence-corrected chi connectivity index (χ4v) is 3.28. The van der Waals surface area contributed by atoms with Gasteiger partial charge in [0.25, 0.3) is 5.91 Å². The third-order valence-electron chi connectivity index (χ3n) is 4.87. The molecule has 0 unspecified atom stereocenters. The van der Waals surface area contributed by atoms with Crippen LogP contribution in [0.1, 0.15) is 46.3 Å². The number of hydrogen-bond acceptors (Lipinski definition) is 5. The van der Waals surface area contributed by atoms with E-state index in [9.17, 15) is 4.79 Å². The predicted molar refractivity (Wildman–Crippen MR) is 103 cm³/mol. The Morgan fingerprint density at radius 3 is 2.93 bits per heavy atom. The summed E-state index contributed by atoms with van der Waals surface area (Å²) in [6, 6.07) is 7.57. The van der Waals surface area contributed by atoms with Gasteiger partial charge in [-0.05, 0) is 25.0 Å². The largest absolute Gasteiger partial charge is 0.321 e. The molecule has 1 aliphatic carbocycles. The molecule has 4 N–H and O–H groups in total. The first kappa shape index (κ1) is 17.7. The minimum Gasteiger partial charge on any atom is -0.321 e. The zero-order chi connectivity index (χ0) is 17.5. The van der Waals surface area contributed by atoms with Crippen molar-refractivity contribution in [3.8, 4) is 11.4 Å². The molecular weight excluding hydrogens is 366 g/mol. The number of halogens is 1. The van der Waals surface area contributed by atoms with E-state index in [2.05, 4.69) is 36.0 Å². The number of benzene rings is 1. The number of amides is 1. The molecule has 5 rings (SSSR count). The molecule has 0 spiro atoms. The van der Waals surface area contributed by atoms with Crippen LogP contribution in [0.25, 0.3) is 11.4 Å². The van der Waals surface area contributed by atoms with Crippen molar-refractivity contribution in [3.63, 3.8) is 0 Å². The van der Waals surface area contributed by atoms with Gasteiger partial charge in [-0.15, -0.1) is 12.4 Å². The number of aromatic amines is 2. The average Bonchev–Trinajstić information content (AvgIpc) is 3.24. The second-order valence-corrected chi connectivity index (χ2v) is 6.81. The van der Waals surface area contributed by atoms with Crippen molar-refractivity contribution in [2.75, 3.05) is 11.9 Å². The number of nitrogens with one attached hydrogen (secondary N) is 4. The minimum absolute atomic E-state index is 0. The zero-order valence-corrected chi connectivity index (χ0v) is 15.4. The molecule has 3 heterocycles. The SMILES string of the molecule is Cl.O=C(Nc1cccc(-c2n[nH]c(C3CC3)n2)c1)c1n[nH]c2c1CNCC2. The van der Waals surface area contributed by atoms with Crippen LogP contribution >= 0.6 is 12.4 Å². The summed E-state index contributed by atoms with van der Waals surface area (Å²) in [6.45, 7) is 1.56. The lowest BCUT2D eigenvalue weighted by atomic mass is 10.1. The third-order valence-corrected chi connectivity index (χ3v) is 4.87. The van der Waals surface area contributed by atoms with Crippen LogP contribution in [0.15, 0.2) is 24.3 Å². The number of nitrogens with zero attached hydrogens (tertiary/aromatic N) is 3. The monoisotopic (exact) mass is 385 g/mol. The van der Waals surface area contributed by atoms with Gasteiger partial charge < -0.3 is 10.6 Å². The lowest BCUT2D eigenvalue weighted by Crippen LogP contribution is -2.25. The molecule has 0 saturated heterocycles. The Kier molecular flexibility index (Phi) is 4.67. The first-order chi connectivity index (χ1) is 12.8. The van der Waals surface area contributed by atoms with E-state index >= 15 is 0 Å². The highest BCUT2D eigenvalue weighted by Crippen LogP contribution is 2.38. The molecule has 9 heteroatoms. The minimum atomic E-state index is -0.211. The first-order valence-corrected chi connectivity index (χ1v) is 8.89.